The van der Waals surface area contributed by atoms with Crippen LogP contribution in [0, 0.1) is 0 Å². The fourth-order valence-electron chi connectivity index (χ4n) is 6.70. The Kier molecular flexibility index (Phi) is 7.10. The Bertz CT molecular complexity index is 2010. The van der Waals surface area contributed by atoms with E-state index in [0.717, 1.165) is 21.8 Å². The van der Waals surface area contributed by atoms with Gasteiger partial charge in [-0.3, -0.25) is 14.5 Å². The molecule has 2 amide bonds. The monoisotopic (exact) mass is 685 g/mol. The van der Waals surface area contributed by atoms with Crippen LogP contribution in [0.4, 0.5) is 32.2 Å². The van der Waals surface area contributed by atoms with Crippen LogP contribution in [-0.2, 0) is 43.2 Å². The molecule has 1 aliphatic carbocycles. The number of hydrogen-bond donors (Lipinski definition) is 2. The number of alkyl halides is 6. The molecule has 1 saturated carbocycles. The number of anilines is 1. The third-order valence-corrected chi connectivity index (χ3v) is 9.11. The second-order valence-electron chi connectivity index (χ2n) is 12.3. The molecule has 3 atom stereocenters. The number of aromatic nitrogens is 4. The van der Waals surface area contributed by atoms with Crippen LogP contribution >= 0.6 is 0 Å². The zero-order valence-electron chi connectivity index (χ0n) is 25.2. The topological polar surface area (TPSA) is 124 Å². The number of pyridine rings is 1. The summed E-state index contributed by atoms with van der Waals surface area (Å²) in [5.74, 6) is -0.0729. The van der Waals surface area contributed by atoms with Gasteiger partial charge in [0.1, 0.15) is 35.0 Å². The summed E-state index contributed by atoms with van der Waals surface area (Å²) in [6.45, 7) is -0.420. The number of amides is 2. The minimum atomic E-state index is -4.79. The minimum absolute atomic E-state index is 0.00635. The van der Waals surface area contributed by atoms with Crippen LogP contribution in [0.1, 0.15) is 56.6 Å². The molecule has 2 aromatic carbocycles. The number of ether oxygens (including phenoxy) is 2. The number of nitrogens with zero attached hydrogens (tertiary/aromatic N) is 5. The number of halogens is 6. The molecule has 0 saturated heterocycles. The van der Waals surface area contributed by atoms with Gasteiger partial charge in [0.05, 0.1) is 24.1 Å². The Morgan fingerprint density at radius 2 is 1.86 bits per heavy atom. The number of carbonyl (C=O) groups is 2. The zero-order chi connectivity index (χ0) is 34.2. The van der Waals surface area contributed by atoms with E-state index in [9.17, 15) is 35.9 Å². The second kappa shape index (κ2) is 11.2. The first-order chi connectivity index (χ1) is 23.3. The van der Waals surface area contributed by atoms with Crippen LogP contribution in [0.25, 0.3) is 0 Å². The van der Waals surface area contributed by atoms with Crippen LogP contribution in [-0.4, -0.2) is 55.2 Å². The maximum absolute atomic E-state index is 14.2. The molecule has 4 aromatic rings. The number of rotatable bonds is 6. The largest absolute Gasteiger partial charge is 0.487 e. The van der Waals surface area contributed by atoms with Gasteiger partial charge >= 0.3 is 12.4 Å². The molecule has 0 bridgehead atoms. The first-order valence-corrected chi connectivity index (χ1v) is 15.3. The molecule has 2 aromatic heterocycles. The Morgan fingerprint density at radius 3 is 2.65 bits per heavy atom. The normalized spacial score (nSPS) is 21.1. The highest BCUT2D eigenvalue weighted by Gasteiger charge is 2.60. The second-order valence-corrected chi connectivity index (χ2v) is 12.3. The highest BCUT2D eigenvalue weighted by atomic mass is 19.4. The lowest BCUT2D eigenvalue weighted by molar-refractivity contribution is -0.148. The highest BCUT2D eigenvalue weighted by molar-refractivity contribution is 5.95. The number of hydrogen-bond acceptors (Lipinski definition) is 8. The molecule has 3 unspecified atom stereocenters. The van der Waals surface area contributed by atoms with E-state index >= 15 is 0 Å². The Hall–Kier alpha value is -5.19. The first kappa shape index (κ1) is 31.1. The van der Waals surface area contributed by atoms with E-state index in [1.807, 2.05) is 0 Å². The first-order valence-electron chi connectivity index (χ1n) is 15.3. The zero-order valence-corrected chi connectivity index (χ0v) is 25.2. The molecule has 0 radical (unpaired) electrons. The molecule has 8 rings (SSSR count). The van der Waals surface area contributed by atoms with Gasteiger partial charge in [-0.2, -0.15) is 26.3 Å². The Balaban J connectivity index is 0.949. The van der Waals surface area contributed by atoms with E-state index in [1.54, 1.807) is 29.2 Å². The van der Waals surface area contributed by atoms with Gasteiger partial charge in [-0.25, -0.2) is 4.98 Å². The SMILES string of the molecule is O=C1CCc2c(Oc3ccc4c(c3)C3C(NC(=O)c5ccc(CN6CCn7c(nnc7C(F)(F)F)C6)c(C(F)(F)F)c5)C3O4)ccnc2N1. The average Bonchev–Trinajstić information content (AvgIpc) is 3.35. The van der Waals surface area contributed by atoms with Gasteiger partial charge in [0.2, 0.25) is 11.7 Å². The standard InChI is InChI=1S/C32H25F6N7O4/c33-31(34,35)20-11-15(1-2-16(20)13-44-9-10-45-23(14-44)42-43-30(45)32(36,37)38)29(47)41-26-25-19-12-17(3-5-21(19)49-27(25)26)48-22-7-8-39-28-18(22)4-6-24(46)40-28/h1-3,5,7-8,11-12,25-27H,4,6,9-10,13-14H2,(H,41,47)(H,39,40,46). The maximum Gasteiger partial charge on any atom is 0.451 e. The summed E-state index contributed by atoms with van der Waals surface area (Å²) >= 11 is 0. The summed E-state index contributed by atoms with van der Waals surface area (Å²) < 4.78 is 95.2. The maximum atomic E-state index is 14.2. The van der Waals surface area contributed by atoms with Gasteiger partial charge in [0.15, 0.2) is 0 Å². The number of nitrogens with one attached hydrogen (secondary N) is 2. The molecule has 49 heavy (non-hydrogen) atoms. The minimum Gasteiger partial charge on any atom is -0.487 e. The van der Waals surface area contributed by atoms with E-state index < -0.39 is 41.8 Å². The van der Waals surface area contributed by atoms with Crippen molar-refractivity contribution in [3.63, 3.8) is 0 Å². The van der Waals surface area contributed by atoms with Gasteiger partial charge < -0.3 is 24.7 Å². The van der Waals surface area contributed by atoms with E-state index in [2.05, 4.69) is 25.8 Å². The van der Waals surface area contributed by atoms with E-state index in [0.29, 0.717) is 35.9 Å². The number of carbonyl (C=O) groups excluding carboxylic acids is 2. The predicted molar refractivity (Wildman–Crippen MR) is 157 cm³/mol. The van der Waals surface area contributed by atoms with Crippen LogP contribution in [0.15, 0.2) is 48.7 Å². The van der Waals surface area contributed by atoms with Crippen molar-refractivity contribution in [3.05, 3.63) is 88.1 Å². The molecule has 0 spiro atoms. The van der Waals surface area contributed by atoms with Crippen molar-refractivity contribution in [2.45, 2.75) is 62.9 Å². The van der Waals surface area contributed by atoms with Gasteiger partial charge in [0, 0.05) is 48.9 Å². The smallest absolute Gasteiger partial charge is 0.451 e. The van der Waals surface area contributed by atoms with Crippen molar-refractivity contribution in [1.82, 2.24) is 30.0 Å². The van der Waals surface area contributed by atoms with Gasteiger partial charge in [-0.1, -0.05) is 6.07 Å². The van der Waals surface area contributed by atoms with Crippen molar-refractivity contribution < 1.29 is 45.4 Å². The third-order valence-electron chi connectivity index (χ3n) is 9.11. The summed E-state index contributed by atoms with van der Waals surface area (Å²) in [6.07, 6.45) is -7.56. The van der Waals surface area contributed by atoms with Crippen LogP contribution in [0.2, 0.25) is 0 Å². The molecule has 3 aliphatic heterocycles. The fourth-order valence-corrected chi connectivity index (χ4v) is 6.70. The molecule has 1 fully saturated rings. The molecule has 11 nitrogen and oxygen atoms in total. The lowest BCUT2D eigenvalue weighted by Gasteiger charge is -2.29. The lowest BCUT2D eigenvalue weighted by atomic mass is 10.0. The average molecular weight is 686 g/mol. The predicted octanol–water partition coefficient (Wildman–Crippen LogP) is 5.06. The molecule has 5 heterocycles. The van der Waals surface area contributed by atoms with Crippen molar-refractivity contribution in [2.24, 2.45) is 0 Å². The quantitative estimate of drug-likeness (QED) is 0.270. The molecule has 17 heteroatoms. The molecule has 4 aliphatic rings. The van der Waals surface area contributed by atoms with Crippen LogP contribution in [0.5, 0.6) is 17.2 Å². The summed E-state index contributed by atoms with van der Waals surface area (Å²) in [6, 6.07) is 9.81. The Labute approximate surface area is 273 Å². The summed E-state index contributed by atoms with van der Waals surface area (Å²) in [5.41, 5.74) is 0.230. The van der Waals surface area contributed by atoms with Gasteiger partial charge in [-0.05, 0) is 48.4 Å². The van der Waals surface area contributed by atoms with Gasteiger partial charge in [-0.15, -0.1) is 10.2 Å². The van der Waals surface area contributed by atoms with E-state index in [-0.39, 0.29) is 55.0 Å². The molecule has 254 valence electrons. The summed E-state index contributed by atoms with van der Waals surface area (Å²) in [5, 5.41) is 12.3. The van der Waals surface area contributed by atoms with E-state index in [1.165, 1.54) is 18.3 Å². The van der Waals surface area contributed by atoms with Crippen LogP contribution < -0.4 is 20.1 Å². The van der Waals surface area contributed by atoms with Crippen molar-refractivity contribution in [2.75, 3.05) is 11.9 Å². The van der Waals surface area contributed by atoms with Crippen LogP contribution in [0.3, 0.4) is 0 Å². The highest BCUT2D eigenvalue weighted by Crippen LogP contribution is 2.55. The fraction of sp³-hybridized carbons (Fsp3) is 0.344. The molecule has 2 N–H and O–H groups in total. The lowest BCUT2D eigenvalue weighted by Crippen LogP contribution is -2.35. The molecular weight excluding hydrogens is 660 g/mol. The van der Waals surface area contributed by atoms with Crippen molar-refractivity contribution in [3.8, 4) is 17.2 Å². The van der Waals surface area contributed by atoms with Gasteiger partial charge in [0.25, 0.3) is 5.91 Å². The summed E-state index contributed by atoms with van der Waals surface area (Å²) in [7, 11) is 0. The Morgan fingerprint density at radius 1 is 1.02 bits per heavy atom. The van der Waals surface area contributed by atoms with E-state index in [4.69, 9.17) is 9.47 Å². The molecular formula is C32H25F6N7O4. The third kappa shape index (κ3) is 5.70. The number of fused-ring (bicyclic) bond motifs is 5. The number of benzene rings is 2. The summed E-state index contributed by atoms with van der Waals surface area (Å²) in [4.78, 5) is 30.7. The van der Waals surface area contributed by atoms with Crippen molar-refractivity contribution >= 4 is 17.6 Å². The van der Waals surface area contributed by atoms with Crippen molar-refractivity contribution in [1.29, 1.82) is 0 Å².